The Hall–Kier alpha value is -0.740. The van der Waals surface area contributed by atoms with Crippen LogP contribution in [-0.4, -0.2) is 7.05 Å². The Morgan fingerprint density at radius 3 is 2.58 bits per heavy atom. The minimum absolute atomic E-state index is 0.256. The van der Waals surface area contributed by atoms with E-state index in [2.05, 4.69) is 5.32 Å². The molecule has 0 radical (unpaired) electrons. The molecule has 0 heterocycles. The zero-order valence-corrected chi connectivity index (χ0v) is 12.5. The van der Waals surface area contributed by atoms with Crippen molar-refractivity contribution in [2.75, 3.05) is 7.05 Å². The summed E-state index contributed by atoms with van der Waals surface area (Å²) >= 11 is 13.3. The molecule has 1 N–H and O–H groups in total. The van der Waals surface area contributed by atoms with E-state index in [4.69, 9.17) is 23.2 Å². The zero-order chi connectivity index (χ0) is 13.8. The van der Waals surface area contributed by atoms with Gasteiger partial charge < -0.3 is 5.32 Å². The lowest BCUT2D eigenvalue weighted by molar-refractivity contribution is 0.598. The third kappa shape index (κ3) is 3.86. The molecule has 100 valence electrons. The Balaban J connectivity index is 2.25. The van der Waals surface area contributed by atoms with E-state index in [0.29, 0.717) is 21.5 Å². The predicted molar refractivity (Wildman–Crippen MR) is 79.7 cm³/mol. The Labute approximate surface area is 126 Å². The van der Waals surface area contributed by atoms with Crippen LogP contribution in [0.4, 0.5) is 4.39 Å². The van der Waals surface area contributed by atoms with Gasteiger partial charge in [0.15, 0.2) is 0 Å². The third-order valence-corrected chi connectivity index (χ3v) is 4.28. The van der Waals surface area contributed by atoms with Crippen molar-refractivity contribution in [2.45, 2.75) is 16.3 Å². The molecular formula is C14H12Cl2FNS. The average Bonchev–Trinajstić information content (AvgIpc) is 2.37. The van der Waals surface area contributed by atoms with Gasteiger partial charge in [-0.2, -0.15) is 0 Å². The largest absolute Gasteiger partial charge is 0.316 e. The highest BCUT2D eigenvalue weighted by molar-refractivity contribution is 7.99. The number of hydrogen-bond acceptors (Lipinski definition) is 2. The molecule has 0 fully saturated rings. The van der Waals surface area contributed by atoms with Crippen molar-refractivity contribution in [1.29, 1.82) is 0 Å². The summed E-state index contributed by atoms with van der Waals surface area (Å²) in [5, 5.41) is 4.13. The molecule has 0 saturated heterocycles. The van der Waals surface area contributed by atoms with Crippen molar-refractivity contribution in [2.24, 2.45) is 0 Å². The van der Waals surface area contributed by atoms with Crippen molar-refractivity contribution in [1.82, 2.24) is 5.32 Å². The lowest BCUT2D eigenvalue weighted by Gasteiger charge is -2.07. The number of nitrogens with one attached hydrogen (secondary N) is 1. The van der Waals surface area contributed by atoms with E-state index in [1.165, 1.54) is 17.8 Å². The molecule has 0 bridgehead atoms. The summed E-state index contributed by atoms with van der Waals surface area (Å²) in [6.07, 6.45) is 0. The van der Waals surface area contributed by atoms with Gasteiger partial charge in [0.25, 0.3) is 0 Å². The number of halogens is 3. The highest BCUT2D eigenvalue weighted by atomic mass is 35.5. The van der Waals surface area contributed by atoms with Crippen LogP contribution >= 0.6 is 35.0 Å². The fourth-order valence-corrected chi connectivity index (χ4v) is 2.97. The van der Waals surface area contributed by atoms with E-state index in [1.807, 2.05) is 13.1 Å². The molecule has 2 rings (SSSR count). The molecule has 0 aliphatic rings. The van der Waals surface area contributed by atoms with Crippen LogP contribution < -0.4 is 5.32 Å². The lowest BCUT2D eigenvalue weighted by atomic mass is 10.2. The second-order valence-corrected chi connectivity index (χ2v) is 5.90. The molecule has 19 heavy (non-hydrogen) atoms. The summed E-state index contributed by atoms with van der Waals surface area (Å²) in [4.78, 5) is 1.28. The monoisotopic (exact) mass is 315 g/mol. The highest BCUT2D eigenvalue weighted by Gasteiger charge is 2.08. The third-order valence-electron chi connectivity index (χ3n) is 2.49. The van der Waals surface area contributed by atoms with Gasteiger partial charge in [-0.05, 0) is 42.9 Å². The first-order chi connectivity index (χ1) is 9.10. The van der Waals surface area contributed by atoms with Gasteiger partial charge >= 0.3 is 0 Å². The zero-order valence-electron chi connectivity index (χ0n) is 10.2. The molecule has 2 aromatic carbocycles. The van der Waals surface area contributed by atoms with E-state index >= 15 is 0 Å². The average molecular weight is 316 g/mol. The Morgan fingerprint density at radius 2 is 1.89 bits per heavy atom. The Morgan fingerprint density at radius 1 is 1.11 bits per heavy atom. The fraction of sp³-hybridized carbons (Fsp3) is 0.143. The maximum Gasteiger partial charge on any atom is 0.137 e. The summed E-state index contributed by atoms with van der Waals surface area (Å²) in [6.45, 7) is 0.639. The normalized spacial score (nSPS) is 10.7. The standard InChI is InChI=1S/C14H12Cl2FNS/c1-18-8-9-2-5-13(12(17)6-9)19-14-7-10(15)3-4-11(14)16/h2-7,18H,8H2,1H3. The van der Waals surface area contributed by atoms with Crippen LogP contribution in [0.2, 0.25) is 10.0 Å². The minimum Gasteiger partial charge on any atom is -0.316 e. The van der Waals surface area contributed by atoms with Gasteiger partial charge in [0.05, 0.1) is 5.02 Å². The van der Waals surface area contributed by atoms with Gasteiger partial charge in [-0.1, -0.05) is 41.0 Å². The molecule has 0 saturated carbocycles. The van der Waals surface area contributed by atoms with Crippen LogP contribution in [0.5, 0.6) is 0 Å². The maximum atomic E-state index is 14.0. The molecular weight excluding hydrogens is 304 g/mol. The van der Waals surface area contributed by atoms with Crippen molar-refractivity contribution in [3.63, 3.8) is 0 Å². The minimum atomic E-state index is -0.256. The van der Waals surface area contributed by atoms with Crippen molar-refractivity contribution < 1.29 is 4.39 Å². The van der Waals surface area contributed by atoms with Gasteiger partial charge in [0.2, 0.25) is 0 Å². The molecule has 0 aliphatic heterocycles. The first kappa shape index (κ1) is 14.7. The van der Waals surface area contributed by atoms with Gasteiger partial charge in [-0.15, -0.1) is 0 Å². The number of rotatable bonds is 4. The van der Waals surface area contributed by atoms with Gasteiger partial charge in [-0.25, -0.2) is 4.39 Å². The maximum absolute atomic E-state index is 14.0. The summed E-state index contributed by atoms with van der Waals surface area (Å²) < 4.78 is 14.0. The van der Waals surface area contributed by atoms with E-state index in [-0.39, 0.29) is 5.82 Å². The van der Waals surface area contributed by atoms with Crippen LogP contribution in [0.3, 0.4) is 0 Å². The highest BCUT2D eigenvalue weighted by Crippen LogP contribution is 2.36. The smallest absolute Gasteiger partial charge is 0.137 e. The second kappa shape index (κ2) is 6.62. The van der Waals surface area contributed by atoms with E-state index < -0.39 is 0 Å². The van der Waals surface area contributed by atoms with Crippen LogP contribution in [0.1, 0.15) is 5.56 Å². The first-order valence-corrected chi connectivity index (χ1v) is 7.23. The molecule has 0 spiro atoms. The van der Waals surface area contributed by atoms with Crippen LogP contribution in [0, 0.1) is 5.82 Å². The van der Waals surface area contributed by atoms with Crippen molar-refractivity contribution in [3.05, 3.63) is 57.8 Å². The molecule has 0 amide bonds. The van der Waals surface area contributed by atoms with Crippen LogP contribution in [-0.2, 0) is 6.54 Å². The molecule has 5 heteroatoms. The summed E-state index contributed by atoms with van der Waals surface area (Å²) in [7, 11) is 1.83. The molecule has 0 unspecified atom stereocenters. The lowest BCUT2D eigenvalue weighted by Crippen LogP contribution is -2.05. The number of benzene rings is 2. The van der Waals surface area contributed by atoms with E-state index in [9.17, 15) is 4.39 Å². The fourth-order valence-electron chi connectivity index (χ4n) is 1.62. The van der Waals surface area contributed by atoms with E-state index in [0.717, 1.165) is 10.5 Å². The predicted octanol–water partition coefficient (Wildman–Crippen LogP) is 5.00. The quantitative estimate of drug-likeness (QED) is 0.851. The summed E-state index contributed by atoms with van der Waals surface area (Å²) in [5.41, 5.74) is 0.904. The Bertz CT molecular complexity index is 590. The molecule has 0 aliphatic carbocycles. The van der Waals surface area contributed by atoms with Crippen molar-refractivity contribution >= 4 is 35.0 Å². The Kier molecular flexibility index (Phi) is 5.11. The van der Waals surface area contributed by atoms with E-state index in [1.54, 1.807) is 24.3 Å². The molecule has 1 nitrogen and oxygen atoms in total. The second-order valence-electron chi connectivity index (χ2n) is 3.97. The SMILES string of the molecule is CNCc1ccc(Sc2cc(Cl)ccc2Cl)c(F)c1. The number of hydrogen-bond donors (Lipinski definition) is 1. The van der Waals surface area contributed by atoms with Crippen LogP contribution in [0.15, 0.2) is 46.2 Å². The summed E-state index contributed by atoms with van der Waals surface area (Å²) in [6, 6.07) is 10.3. The topological polar surface area (TPSA) is 12.0 Å². The first-order valence-electron chi connectivity index (χ1n) is 5.66. The molecule has 0 aromatic heterocycles. The van der Waals surface area contributed by atoms with Gasteiger partial charge in [0, 0.05) is 21.4 Å². The molecule has 0 atom stereocenters. The van der Waals surface area contributed by atoms with Crippen molar-refractivity contribution in [3.8, 4) is 0 Å². The van der Waals surface area contributed by atoms with Gasteiger partial charge in [0.1, 0.15) is 5.82 Å². The molecule has 2 aromatic rings. The summed E-state index contributed by atoms with van der Waals surface area (Å²) in [5.74, 6) is -0.256. The van der Waals surface area contributed by atoms with Gasteiger partial charge in [-0.3, -0.25) is 0 Å². The van der Waals surface area contributed by atoms with Crippen LogP contribution in [0.25, 0.3) is 0 Å².